The molecule has 5 nitrogen and oxygen atoms in total. The molecule has 0 aromatic carbocycles. The van der Waals surface area contributed by atoms with Crippen molar-refractivity contribution in [1.29, 1.82) is 0 Å². The normalized spacial score (nSPS) is 25.0. The van der Waals surface area contributed by atoms with Gasteiger partial charge in [0, 0.05) is 11.8 Å². The lowest BCUT2D eigenvalue weighted by Crippen LogP contribution is -2.42. The number of carboxylic acid groups (broad SMARTS) is 1. The number of ketones is 1. The average Bonchev–Trinajstić information content (AvgIpc) is 2.47. The van der Waals surface area contributed by atoms with Crippen molar-refractivity contribution < 1.29 is 19.5 Å². The molecule has 2 heterocycles. The van der Waals surface area contributed by atoms with Crippen molar-refractivity contribution in [3.63, 3.8) is 0 Å². The molecule has 0 saturated carbocycles. The van der Waals surface area contributed by atoms with E-state index in [0.29, 0.717) is 5.70 Å². The molecule has 0 unspecified atom stereocenters. The van der Waals surface area contributed by atoms with Crippen LogP contribution in [0.1, 0.15) is 6.42 Å². The van der Waals surface area contributed by atoms with Crippen molar-refractivity contribution in [3.05, 3.63) is 23.9 Å². The van der Waals surface area contributed by atoms with Gasteiger partial charge in [-0.25, -0.2) is 4.79 Å². The minimum absolute atomic E-state index is 0.241. The van der Waals surface area contributed by atoms with Crippen LogP contribution in [0.4, 0.5) is 0 Å². The smallest absolute Gasteiger partial charge is 0.330 e. The van der Waals surface area contributed by atoms with Crippen LogP contribution >= 0.6 is 0 Å². The van der Waals surface area contributed by atoms with Crippen molar-refractivity contribution in [1.82, 2.24) is 4.90 Å². The van der Waals surface area contributed by atoms with Gasteiger partial charge in [0.05, 0.1) is 6.42 Å². The second-order valence-electron chi connectivity index (χ2n) is 3.12. The predicted octanol–water partition coefficient (Wildman–Crippen LogP) is -0.305. The van der Waals surface area contributed by atoms with Crippen molar-refractivity contribution >= 4 is 17.7 Å². The third-order valence-electron chi connectivity index (χ3n) is 2.16. The maximum atomic E-state index is 11.4. The molecule has 5 heteroatoms. The van der Waals surface area contributed by atoms with E-state index in [0.717, 1.165) is 4.90 Å². The maximum absolute atomic E-state index is 11.4. The summed E-state index contributed by atoms with van der Waals surface area (Å²) in [4.78, 5) is 34.2. The molecule has 2 rings (SSSR count). The van der Waals surface area contributed by atoms with Crippen molar-refractivity contribution in [2.45, 2.75) is 12.5 Å². The number of carbonyl (C=O) groups excluding carboxylic acids is 2. The van der Waals surface area contributed by atoms with Crippen LogP contribution in [-0.4, -0.2) is 33.7 Å². The fourth-order valence-corrected chi connectivity index (χ4v) is 1.58. The van der Waals surface area contributed by atoms with Crippen LogP contribution in [0.25, 0.3) is 0 Å². The summed E-state index contributed by atoms with van der Waals surface area (Å²) in [6.07, 6.45) is 3.92. The number of carboxylic acids is 1. The molecule has 0 aromatic rings. The molecular weight excluding hydrogens is 186 g/mol. The van der Waals surface area contributed by atoms with Crippen LogP contribution in [0, 0.1) is 0 Å². The molecule has 1 atom stereocenters. The van der Waals surface area contributed by atoms with Gasteiger partial charge in [-0.2, -0.15) is 0 Å². The second kappa shape index (κ2) is 2.80. The van der Waals surface area contributed by atoms with Gasteiger partial charge in [-0.05, 0) is 12.2 Å². The summed E-state index contributed by atoms with van der Waals surface area (Å²) < 4.78 is 0. The fourth-order valence-electron chi connectivity index (χ4n) is 1.58. The van der Waals surface area contributed by atoms with E-state index < -0.39 is 17.9 Å². The van der Waals surface area contributed by atoms with Crippen LogP contribution in [0.5, 0.6) is 0 Å². The van der Waals surface area contributed by atoms with Crippen LogP contribution in [0.15, 0.2) is 23.9 Å². The van der Waals surface area contributed by atoms with Crippen molar-refractivity contribution in [2.24, 2.45) is 0 Å². The van der Waals surface area contributed by atoms with E-state index in [4.69, 9.17) is 5.11 Å². The van der Waals surface area contributed by atoms with E-state index >= 15 is 0 Å². The lowest BCUT2D eigenvalue weighted by atomic mass is 10.1. The molecule has 14 heavy (non-hydrogen) atoms. The second-order valence-corrected chi connectivity index (χ2v) is 3.12. The first-order valence-corrected chi connectivity index (χ1v) is 4.07. The van der Waals surface area contributed by atoms with Crippen molar-refractivity contribution in [2.75, 3.05) is 0 Å². The quantitative estimate of drug-likeness (QED) is 0.580. The predicted molar refractivity (Wildman–Crippen MR) is 45.1 cm³/mol. The Morgan fingerprint density at radius 3 is 2.86 bits per heavy atom. The van der Waals surface area contributed by atoms with Crippen LogP contribution in [0.3, 0.4) is 0 Å². The van der Waals surface area contributed by atoms with Crippen LogP contribution < -0.4 is 0 Å². The summed E-state index contributed by atoms with van der Waals surface area (Å²) in [5.74, 6) is -1.82. The molecule has 0 aliphatic carbocycles. The van der Waals surface area contributed by atoms with Gasteiger partial charge in [-0.1, -0.05) is 0 Å². The lowest BCUT2D eigenvalue weighted by Gasteiger charge is -2.25. The summed E-state index contributed by atoms with van der Waals surface area (Å²) in [6.45, 7) is 0. The first-order chi connectivity index (χ1) is 6.59. The number of aliphatic carboxylic acids is 1. The number of amides is 1. The summed E-state index contributed by atoms with van der Waals surface area (Å²) in [5, 5.41) is 8.78. The molecular formula is C9H7NO4. The molecule has 0 saturated heterocycles. The van der Waals surface area contributed by atoms with E-state index in [1.807, 2.05) is 0 Å². The molecule has 0 bridgehead atoms. The van der Waals surface area contributed by atoms with Gasteiger partial charge in [-0.15, -0.1) is 0 Å². The lowest BCUT2D eigenvalue weighted by molar-refractivity contribution is -0.147. The Labute approximate surface area is 79.3 Å². The average molecular weight is 193 g/mol. The largest absolute Gasteiger partial charge is 0.479 e. The number of rotatable bonds is 1. The van der Waals surface area contributed by atoms with Gasteiger partial charge in [0.2, 0.25) is 5.91 Å². The Hall–Kier alpha value is -1.91. The summed E-state index contributed by atoms with van der Waals surface area (Å²) in [7, 11) is 0. The molecule has 2 aliphatic heterocycles. The Morgan fingerprint density at radius 2 is 2.21 bits per heavy atom. The number of hydrogen-bond donors (Lipinski definition) is 1. The number of allylic oxidation sites excluding steroid dienone is 2. The third kappa shape index (κ3) is 1.14. The molecule has 1 amide bonds. The minimum atomic E-state index is -1.09. The highest BCUT2D eigenvalue weighted by Crippen LogP contribution is 2.25. The first kappa shape index (κ1) is 8.68. The van der Waals surface area contributed by atoms with Gasteiger partial charge in [0.25, 0.3) is 0 Å². The Bertz CT molecular complexity index is 394. The SMILES string of the molecule is O=C1C=C2C=C[C@H](C(=O)O)N2C(=O)C1. The molecule has 0 radical (unpaired) electrons. The van der Waals surface area contributed by atoms with Gasteiger partial charge in [0.15, 0.2) is 11.8 Å². The highest BCUT2D eigenvalue weighted by Gasteiger charge is 2.36. The number of fused-ring (bicyclic) bond motifs is 1. The number of hydrogen-bond acceptors (Lipinski definition) is 3. The third-order valence-corrected chi connectivity index (χ3v) is 2.16. The Balaban J connectivity index is 2.39. The zero-order chi connectivity index (χ0) is 10.3. The van der Waals surface area contributed by atoms with Crippen LogP contribution in [-0.2, 0) is 14.4 Å². The molecule has 0 aromatic heterocycles. The summed E-state index contributed by atoms with van der Waals surface area (Å²) in [6, 6.07) is -0.957. The standard InChI is InChI=1S/C9H7NO4/c11-6-3-5-1-2-7(9(13)14)10(5)8(12)4-6/h1-3,7H,4H2,(H,13,14)/t7-/m1/s1. The van der Waals surface area contributed by atoms with E-state index in [1.165, 1.54) is 18.2 Å². The summed E-state index contributed by atoms with van der Waals surface area (Å²) in [5.41, 5.74) is 0.374. The van der Waals surface area contributed by atoms with Crippen LogP contribution in [0.2, 0.25) is 0 Å². The number of nitrogens with zero attached hydrogens (tertiary/aromatic N) is 1. The van der Waals surface area contributed by atoms with Gasteiger partial charge < -0.3 is 5.11 Å². The minimum Gasteiger partial charge on any atom is -0.479 e. The van der Waals surface area contributed by atoms with E-state index in [1.54, 1.807) is 0 Å². The Kier molecular flexibility index (Phi) is 1.73. The molecule has 1 N–H and O–H groups in total. The van der Waals surface area contributed by atoms with Gasteiger partial charge in [0.1, 0.15) is 0 Å². The fraction of sp³-hybridized carbons (Fsp3) is 0.222. The van der Waals surface area contributed by atoms with E-state index in [-0.39, 0.29) is 12.2 Å². The zero-order valence-corrected chi connectivity index (χ0v) is 7.14. The zero-order valence-electron chi connectivity index (χ0n) is 7.14. The highest BCUT2D eigenvalue weighted by molar-refractivity contribution is 6.09. The molecule has 72 valence electrons. The van der Waals surface area contributed by atoms with Gasteiger partial charge >= 0.3 is 5.97 Å². The first-order valence-electron chi connectivity index (χ1n) is 4.07. The van der Waals surface area contributed by atoms with E-state index in [2.05, 4.69) is 0 Å². The highest BCUT2D eigenvalue weighted by atomic mass is 16.4. The Morgan fingerprint density at radius 1 is 1.50 bits per heavy atom. The molecule has 0 fully saturated rings. The maximum Gasteiger partial charge on any atom is 0.330 e. The van der Waals surface area contributed by atoms with Crippen molar-refractivity contribution in [3.8, 4) is 0 Å². The monoisotopic (exact) mass is 193 g/mol. The van der Waals surface area contributed by atoms with E-state index in [9.17, 15) is 14.4 Å². The molecule has 0 spiro atoms. The summed E-state index contributed by atoms with van der Waals surface area (Å²) >= 11 is 0. The number of carbonyl (C=O) groups is 3. The molecule has 2 aliphatic rings. The topological polar surface area (TPSA) is 74.7 Å². The van der Waals surface area contributed by atoms with Gasteiger partial charge in [-0.3, -0.25) is 14.5 Å².